The summed E-state index contributed by atoms with van der Waals surface area (Å²) in [6, 6.07) is 16.1. The summed E-state index contributed by atoms with van der Waals surface area (Å²) in [5.74, 6) is -0.365. The number of nitrogens with zero attached hydrogens (tertiary/aromatic N) is 5. The van der Waals surface area contributed by atoms with E-state index in [2.05, 4.69) is 31.5 Å². The summed E-state index contributed by atoms with van der Waals surface area (Å²) in [7, 11) is 0. The van der Waals surface area contributed by atoms with Gasteiger partial charge in [0.25, 0.3) is 11.8 Å². The molecule has 3 aliphatic heterocycles. The number of aryl methyl sites for hydroxylation is 1. The number of nitrogens with one attached hydrogen (secondary N) is 2. The van der Waals surface area contributed by atoms with Crippen molar-refractivity contribution in [2.75, 3.05) is 37.6 Å². The van der Waals surface area contributed by atoms with E-state index in [4.69, 9.17) is 21.6 Å². The number of aromatic nitrogens is 1. The lowest BCUT2D eigenvalue weighted by atomic mass is 9.89. The minimum atomic E-state index is -0.608. The molecule has 1 aliphatic carbocycles. The van der Waals surface area contributed by atoms with Crippen LogP contribution in [0, 0.1) is 11.3 Å². The van der Waals surface area contributed by atoms with Crippen molar-refractivity contribution >= 4 is 40.9 Å². The highest BCUT2D eigenvalue weighted by Gasteiger charge is 2.39. The maximum Gasteiger partial charge on any atom is 0.255 e. The van der Waals surface area contributed by atoms with Crippen molar-refractivity contribution in [1.29, 1.82) is 5.26 Å². The third-order valence-corrected chi connectivity index (χ3v) is 10.3. The van der Waals surface area contributed by atoms with Crippen molar-refractivity contribution in [3.8, 4) is 11.8 Å². The van der Waals surface area contributed by atoms with Crippen LogP contribution in [0.5, 0.6) is 5.75 Å². The molecule has 2 saturated heterocycles. The Morgan fingerprint density at radius 3 is 2.60 bits per heavy atom. The molecule has 1 unspecified atom stereocenters. The number of pyridine rings is 1. The van der Waals surface area contributed by atoms with Gasteiger partial charge in [-0.05, 0) is 73.8 Å². The number of carbonyl (C=O) groups is 4. The minimum absolute atomic E-state index is 0.0151. The minimum Gasteiger partial charge on any atom is -0.490 e. The molecule has 4 aliphatic rings. The molecule has 4 heterocycles. The van der Waals surface area contributed by atoms with E-state index in [0.29, 0.717) is 53.3 Å². The van der Waals surface area contributed by atoms with Crippen LogP contribution < -0.4 is 20.3 Å². The number of piperazine rings is 1. The van der Waals surface area contributed by atoms with Crippen molar-refractivity contribution in [2.45, 2.75) is 63.3 Å². The number of fused-ring (bicyclic) bond motifs is 1. The molecule has 1 saturated carbocycles. The van der Waals surface area contributed by atoms with E-state index in [9.17, 15) is 19.2 Å². The fourth-order valence-corrected chi connectivity index (χ4v) is 7.29. The normalized spacial score (nSPS) is 22.0. The van der Waals surface area contributed by atoms with Crippen molar-refractivity contribution < 1.29 is 23.9 Å². The zero-order valence-electron chi connectivity index (χ0n) is 27.6. The molecule has 0 bridgehead atoms. The predicted molar refractivity (Wildman–Crippen MR) is 185 cm³/mol. The fourth-order valence-electron chi connectivity index (χ4n) is 7.08. The predicted octanol–water partition coefficient (Wildman–Crippen LogP) is 3.46. The van der Waals surface area contributed by atoms with Crippen molar-refractivity contribution in [2.24, 2.45) is 0 Å². The first kappa shape index (κ1) is 33.5. The van der Waals surface area contributed by atoms with Gasteiger partial charge >= 0.3 is 0 Å². The molecule has 4 amide bonds. The standard InChI is InChI=1S/C37H38ClN7O5/c38-32-19-29(7-4-23(32)20-39)50-30-17-27(18-30)41-35(47)24-3-5-26(40-21-24)2-1-11-43-12-14-44(15-13-43)28-6-8-31-25(16-28)22-45(37(31)49)33-9-10-34(46)42-36(33)48/h3-8,16,19,21,27,30,33H,1-2,9-15,17-18,22H2,(H,41,47)(H,42,46,48)/t27-,30-,33?. The van der Waals surface area contributed by atoms with Gasteiger partial charge in [0.15, 0.2) is 0 Å². The lowest BCUT2D eigenvalue weighted by molar-refractivity contribution is -0.136. The molecular weight excluding hydrogens is 658 g/mol. The molecular formula is C37H38ClN7O5. The molecule has 3 fully saturated rings. The van der Waals surface area contributed by atoms with E-state index >= 15 is 0 Å². The molecule has 50 heavy (non-hydrogen) atoms. The molecule has 258 valence electrons. The molecule has 13 heteroatoms. The van der Waals surface area contributed by atoms with Crippen LogP contribution in [0.15, 0.2) is 54.7 Å². The number of imide groups is 1. The number of amides is 4. The maximum atomic E-state index is 13.0. The van der Waals surface area contributed by atoms with Gasteiger partial charge in [-0.2, -0.15) is 5.26 Å². The fraction of sp³-hybridized carbons (Fsp3) is 0.405. The van der Waals surface area contributed by atoms with Gasteiger partial charge in [0.2, 0.25) is 11.8 Å². The Hall–Kier alpha value is -4.99. The first-order valence-electron chi connectivity index (χ1n) is 17.1. The van der Waals surface area contributed by atoms with E-state index in [1.807, 2.05) is 30.3 Å². The molecule has 2 N–H and O–H groups in total. The maximum absolute atomic E-state index is 13.0. The summed E-state index contributed by atoms with van der Waals surface area (Å²) in [6.45, 7) is 4.95. The summed E-state index contributed by atoms with van der Waals surface area (Å²) in [4.78, 5) is 60.7. The van der Waals surface area contributed by atoms with Gasteiger partial charge in [0.05, 0.1) is 16.1 Å². The number of nitriles is 1. The van der Waals surface area contributed by atoms with Gasteiger partial charge in [-0.15, -0.1) is 0 Å². The van der Waals surface area contributed by atoms with E-state index < -0.39 is 11.9 Å². The van der Waals surface area contributed by atoms with Crippen LogP contribution in [-0.2, 0) is 22.6 Å². The van der Waals surface area contributed by atoms with Crippen LogP contribution >= 0.6 is 11.6 Å². The number of rotatable bonds is 10. The third-order valence-electron chi connectivity index (χ3n) is 10.0. The van der Waals surface area contributed by atoms with E-state index in [1.54, 1.807) is 29.3 Å². The Morgan fingerprint density at radius 2 is 1.88 bits per heavy atom. The van der Waals surface area contributed by atoms with E-state index in [0.717, 1.165) is 62.5 Å². The molecule has 12 nitrogen and oxygen atoms in total. The summed E-state index contributed by atoms with van der Waals surface area (Å²) >= 11 is 6.09. The Labute approximate surface area is 295 Å². The Bertz CT molecular complexity index is 1850. The number of piperidine rings is 1. The summed E-state index contributed by atoms with van der Waals surface area (Å²) in [5.41, 5.74) is 4.53. The Balaban J connectivity index is 0.809. The summed E-state index contributed by atoms with van der Waals surface area (Å²) < 4.78 is 5.92. The average molecular weight is 696 g/mol. The topological polar surface area (TPSA) is 148 Å². The van der Waals surface area contributed by atoms with Gasteiger partial charge in [-0.25, -0.2) is 0 Å². The van der Waals surface area contributed by atoms with Crippen molar-refractivity contribution in [3.05, 3.63) is 87.7 Å². The largest absolute Gasteiger partial charge is 0.490 e. The molecule has 2 aromatic carbocycles. The Morgan fingerprint density at radius 1 is 1.06 bits per heavy atom. The summed E-state index contributed by atoms with van der Waals surface area (Å²) in [5, 5.41) is 14.8. The molecule has 3 aromatic rings. The number of halogens is 1. The van der Waals surface area contributed by atoms with Crippen LogP contribution in [0.2, 0.25) is 5.02 Å². The van der Waals surface area contributed by atoms with E-state index in [1.165, 1.54) is 0 Å². The highest BCUT2D eigenvalue weighted by molar-refractivity contribution is 6.31. The molecule has 0 spiro atoms. The quantitative estimate of drug-likeness (QED) is 0.304. The van der Waals surface area contributed by atoms with Crippen molar-refractivity contribution in [1.82, 2.24) is 25.4 Å². The van der Waals surface area contributed by atoms with Gasteiger partial charge < -0.3 is 19.9 Å². The molecule has 0 radical (unpaired) electrons. The van der Waals surface area contributed by atoms with Crippen LogP contribution in [-0.4, -0.2) is 89.3 Å². The zero-order chi connectivity index (χ0) is 34.8. The van der Waals surface area contributed by atoms with Crippen LogP contribution in [0.1, 0.15) is 69.6 Å². The zero-order valence-corrected chi connectivity index (χ0v) is 28.3. The average Bonchev–Trinajstić information content (AvgIpc) is 3.42. The number of carbonyl (C=O) groups excluding carboxylic acids is 4. The van der Waals surface area contributed by atoms with Gasteiger partial charge in [0.1, 0.15) is 24.0 Å². The highest BCUT2D eigenvalue weighted by Crippen LogP contribution is 2.32. The monoisotopic (exact) mass is 695 g/mol. The number of anilines is 1. The highest BCUT2D eigenvalue weighted by atomic mass is 35.5. The van der Waals surface area contributed by atoms with Crippen LogP contribution in [0.25, 0.3) is 0 Å². The van der Waals surface area contributed by atoms with E-state index in [-0.39, 0.29) is 36.3 Å². The Kier molecular flexibility index (Phi) is 9.70. The number of ether oxygens (including phenoxy) is 1. The molecule has 1 aromatic heterocycles. The lowest BCUT2D eigenvalue weighted by Crippen LogP contribution is -2.52. The van der Waals surface area contributed by atoms with Crippen LogP contribution in [0.4, 0.5) is 5.69 Å². The second-order valence-electron chi connectivity index (χ2n) is 13.3. The number of hydrogen-bond acceptors (Lipinski definition) is 9. The first-order chi connectivity index (χ1) is 24.2. The van der Waals surface area contributed by atoms with Gasteiger partial charge in [-0.3, -0.25) is 34.4 Å². The SMILES string of the molecule is N#Cc1ccc(O[C@H]2C[C@H](NC(=O)c3ccc(CCCN4CCN(c5ccc6c(c5)CN(C5CCC(=O)NC5=O)C6=O)CC4)nc3)C2)cc1Cl. The molecule has 7 rings (SSSR count). The van der Waals surface area contributed by atoms with Crippen LogP contribution in [0.3, 0.4) is 0 Å². The van der Waals surface area contributed by atoms with Crippen molar-refractivity contribution in [3.63, 3.8) is 0 Å². The smallest absolute Gasteiger partial charge is 0.255 e. The third kappa shape index (κ3) is 7.29. The van der Waals surface area contributed by atoms with Gasteiger partial charge in [0, 0.05) is 87.2 Å². The summed E-state index contributed by atoms with van der Waals surface area (Å²) in [6.07, 6.45) is 5.41. The number of benzene rings is 2. The lowest BCUT2D eigenvalue weighted by Gasteiger charge is -2.36. The second-order valence-corrected chi connectivity index (χ2v) is 13.8. The second kappa shape index (κ2) is 14.5. The first-order valence-corrected chi connectivity index (χ1v) is 17.5. The van der Waals surface area contributed by atoms with Gasteiger partial charge in [-0.1, -0.05) is 11.6 Å². The number of hydrogen-bond donors (Lipinski definition) is 2. The molecule has 1 atom stereocenters.